The zero-order chi connectivity index (χ0) is 22.4. The normalized spacial score (nSPS) is 10.8. The van der Waals surface area contributed by atoms with Crippen molar-refractivity contribution in [3.63, 3.8) is 0 Å². The van der Waals surface area contributed by atoms with Gasteiger partial charge in [0.05, 0.1) is 17.6 Å². The van der Waals surface area contributed by atoms with Crippen molar-refractivity contribution in [1.82, 2.24) is 0 Å². The van der Waals surface area contributed by atoms with Crippen LogP contribution in [0.4, 0.5) is 21.9 Å². The first-order valence-corrected chi connectivity index (χ1v) is 10.6. The van der Waals surface area contributed by atoms with E-state index in [2.05, 4.69) is 16.0 Å². The monoisotopic (exact) mass is 440 g/mol. The molecule has 0 aliphatic carbocycles. The van der Waals surface area contributed by atoms with E-state index in [1.54, 1.807) is 48.5 Å². The topological polar surface area (TPSA) is 140 Å². The molecule has 3 rings (SSSR count). The van der Waals surface area contributed by atoms with E-state index < -0.39 is 22.0 Å². The molecule has 0 bridgehead atoms. The number of hydrogen-bond donors (Lipinski definition) is 4. The largest absolute Gasteiger partial charge is 0.496 e. The molecule has 31 heavy (non-hydrogen) atoms. The molecule has 0 aliphatic heterocycles. The summed E-state index contributed by atoms with van der Waals surface area (Å²) in [6.07, 6.45) is 0. The predicted octanol–water partition coefficient (Wildman–Crippen LogP) is 3.24. The van der Waals surface area contributed by atoms with Crippen LogP contribution in [0.2, 0.25) is 0 Å². The molecule has 160 valence electrons. The molecule has 0 fully saturated rings. The van der Waals surface area contributed by atoms with Crippen LogP contribution in [0, 0.1) is 0 Å². The van der Waals surface area contributed by atoms with Gasteiger partial charge in [-0.3, -0.25) is 4.79 Å². The van der Waals surface area contributed by atoms with Gasteiger partial charge in [-0.15, -0.1) is 0 Å². The predicted molar refractivity (Wildman–Crippen MR) is 118 cm³/mol. The highest BCUT2D eigenvalue weighted by molar-refractivity contribution is 7.89. The summed E-state index contributed by atoms with van der Waals surface area (Å²) in [5.41, 5.74) is 1.45. The number of rotatable bonds is 6. The summed E-state index contributed by atoms with van der Waals surface area (Å²) in [5, 5.41) is 13.2. The van der Waals surface area contributed by atoms with Crippen LogP contribution in [0.5, 0.6) is 5.75 Å². The molecule has 0 saturated heterocycles. The number of benzene rings is 3. The molecule has 0 atom stereocenters. The van der Waals surface area contributed by atoms with Crippen LogP contribution in [-0.2, 0) is 10.0 Å². The van der Waals surface area contributed by atoms with Gasteiger partial charge in [-0.1, -0.05) is 24.3 Å². The Bertz CT molecular complexity index is 1210. The van der Waals surface area contributed by atoms with Gasteiger partial charge in [0.2, 0.25) is 10.0 Å². The smallest absolute Gasteiger partial charge is 0.323 e. The van der Waals surface area contributed by atoms with E-state index in [-0.39, 0.29) is 16.2 Å². The standard InChI is InChI=1S/C21H20N4O5S/c1-30-19-11-10-17(31(22,28)29)13-18(19)20(26)23-15-8-5-9-16(12-15)25-21(27)24-14-6-3-2-4-7-14/h2-13H,1H3,(H,23,26)(H2,22,28,29)(H2,24,25,27). The third kappa shape index (κ3) is 5.81. The van der Waals surface area contributed by atoms with Crippen LogP contribution in [0.3, 0.4) is 0 Å². The fourth-order valence-electron chi connectivity index (χ4n) is 2.73. The Morgan fingerprint density at radius 2 is 1.42 bits per heavy atom. The second kappa shape index (κ2) is 9.28. The molecule has 5 N–H and O–H groups in total. The number of hydrogen-bond acceptors (Lipinski definition) is 5. The minimum absolute atomic E-state index is 0.00536. The van der Waals surface area contributed by atoms with E-state index in [0.29, 0.717) is 17.1 Å². The first kappa shape index (κ1) is 21.8. The quantitative estimate of drug-likeness (QED) is 0.466. The van der Waals surface area contributed by atoms with E-state index in [4.69, 9.17) is 9.88 Å². The second-order valence-electron chi connectivity index (χ2n) is 6.39. The van der Waals surface area contributed by atoms with Gasteiger partial charge in [0, 0.05) is 17.1 Å². The van der Waals surface area contributed by atoms with E-state index in [9.17, 15) is 18.0 Å². The molecular formula is C21H20N4O5S. The van der Waals surface area contributed by atoms with Gasteiger partial charge in [-0.2, -0.15) is 0 Å². The first-order valence-electron chi connectivity index (χ1n) is 9.01. The summed E-state index contributed by atoms with van der Waals surface area (Å²) in [6, 6.07) is 18.7. The number of carbonyl (C=O) groups excluding carboxylic acids is 2. The van der Waals surface area contributed by atoms with Gasteiger partial charge in [0.15, 0.2) is 0 Å². The average Bonchev–Trinajstić information content (AvgIpc) is 2.73. The number of nitrogens with one attached hydrogen (secondary N) is 3. The van der Waals surface area contributed by atoms with Crippen LogP contribution in [0.1, 0.15) is 10.4 Å². The maximum atomic E-state index is 12.7. The number of nitrogens with two attached hydrogens (primary N) is 1. The van der Waals surface area contributed by atoms with E-state index in [1.165, 1.54) is 19.2 Å². The molecule has 3 amide bonds. The van der Waals surface area contributed by atoms with Gasteiger partial charge >= 0.3 is 6.03 Å². The van der Waals surface area contributed by atoms with Crippen LogP contribution < -0.4 is 25.8 Å². The summed E-state index contributed by atoms with van der Waals surface area (Å²) >= 11 is 0. The number of urea groups is 1. The fraction of sp³-hybridized carbons (Fsp3) is 0.0476. The van der Waals surface area contributed by atoms with Gasteiger partial charge < -0.3 is 20.7 Å². The van der Waals surface area contributed by atoms with Gasteiger partial charge in [-0.05, 0) is 48.5 Å². The summed E-state index contributed by atoms with van der Waals surface area (Å²) in [6.45, 7) is 0. The molecule has 0 radical (unpaired) electrons. The zero-order valence-electron chi connectivity index (χ0n) is 16.5. The van der Waals surface area contributed by atoms with Crippen molar-refractivity contribution < 1.29 is 22.7 Å². The van der Waals surface area contributed by atoms with Gasteiger partial charge in [0.25, 0.3) is 5.91 Å². The minimum atomic E-state index is -3.99. The van der Waals surface area contributed by atoms with E-state index in [0.717, 1.165) is 6.07 Å². The Balaban J connectivity index is 1.75. The second-order valence-corrected chi connectivity index (χ2v) is 7.95. The summed E-state index contributed by atoms with van der Waals surface area (Å²) < 4.78 is 28.3. The Morgan fingerprint density at radius 3 is 2.06 bits per heavy atom. The van der Waals surface area contributed by atoms with Crippen molar-refractivity contribution in [2.45, 2.75) is 4.90 Å². The molecular weight excluding hydrogens is 420 g/mol. The lowest BCUT2D eigenvalue weighted by atomic mass is 10.1. The van der Waals surface area contributed by atoms with Gasteiger partial charge in [0.1, 0.15) is 5.75 Å². The molecule has 3 aromatic carbocycles. The molecule has 0 aliphatic rings. The summed E-state index contributed by atoms with van der Waals surface area (Å²) in [4.78, 5) is 24.7. The molecule has 9 nitrogen and oxygen atoms in total. The van der Waals surface area contributed by atoms with Crippen molar-refractivity contribution >= 4 is 39.0 Å². The molecule has 0 spiro atoms. The Labute approximate surface area is 179 Å². The maximum Gasteiger partial charge on any atom is 0.323 e. The molecule has 10 heteroatoms. The molecule has 0 aromatic heterocycles. The number of ether oxygens (including phenoxy) is 1. The Morgan fingerprint density at radius 1 is 0.806 bits per heavy atom. The molecule has 0 saturated carbocycles. The lowest BCUT2D eigenvalue weighted by molar-refractivity contribution is 0.102. The maximum absolute atomic E-state index is 12.7. The highest BCUT2D eigenvalue weighted by Crippen LogP contribution is 2.24. The van der Waals surface area contributed by atoms with Crippen LogP contribution in [-0.4, -0.2) is 27.5 Å². The van der Waals surface area contributed by atoms with Crippen LogP contribution in [0.15, 0.2) is 77.7 Å². The SMILES string of the molecule is COc1ccc(S(N)(=O)=O)cc1C(=O)Nc1cccc(NC(=O)Nc2ccccc2)c1. The number of primary sulfonamides is 1. The number of sulfonamides is 1. The lowest BCUT2D eigenvalue weighted by Crippen LogP contribution is -2.19. The van der Waals surface area contributed by atoms with E-state index >= 15 is 0 Å². The van der Waals surface area contributed by atoms with Gasteiger partial charge in [-0.25, -0.2) is 18.4 Å². The third-order valence-corrected chi connectivity index (χ3v) is 5.07. The Hall–Kier alpha value is -3.89. The number of anilines is 3. The molecule has 0 heterocycles. The van der Waals surface area contributed by atoms with Crippen LogP contribution >= 0.6 is 0 Å². The highest BCUT2D eigenvalue weighted by Gasteiger charge is 2.17. The average molecular weight is 440 g/mol. The van der Waals surface area contributed by atoms with Crippen molar-refractivity contribution in [1.29, 1.82) is 0 Å². The van der Waals surface area contributed by atoms with Crippen molar-refractivity contribution in [3.05, 3.63) is 78.4 Å². The number of carbonyl (C=O) groups is 2. The zero-order valence-corrected chi connectivity index (χ0v) is 17.3. The van der Waals surface area contributed by atoms with Crippen molar-refractivity contribution in [2.24, 2.45) is 5.14 Å². The highest BCUT2D eigenvalue weighted by atomic mass is 32.2. The minimum Gasteiger partial charge on any atom is -0.496 e. The Kier molecular flexibility index (Phi) is 6.53. The van der Waals surface area contributed by atoms with Crippen LogP contribution in [0.25, 0.3) is 0 Å². The van der Waals surface area contributed by atoms with Crippen molar-refractivity contribution in [3.8, 4) is 5.75 Å². The number of para-hydroxylation sites is 1. The fourth-order valence-corrected chi connectivity index (χ4v) is 3.27. The molecule has 0 unspecified atom stereocenters. The lowest BCUT2D eigenvalue weighted by Gasteiger charge is -2.12. The van der Waals surface area contributed by atoms with Crippen molar-refractivity contribution in [2.75, 3.05) is 23.1 Å². The first-order chi connectivity index (χ1) is 14.8. The number of methoxy groups -OCH3 is 1. The van der Waals surface area contributed by atoms with E-state index in [1.807, 2.05) is 6.07 Å². The summed E-state index contributed by atoms with van der Waals surface area (Å²) in [7, 11) is -2.63. The third-order valence-electron chi connectivity index (χ3n) is 4.15. The summed E-state index contributed by atoms with van der Waals surface area (Å²) in [5.74, 6) is -0.422. The molecule has 3 aromatic rings. The number of amides is 3.